The minimum absolute atomic E-state index is 0.299. The van der Waals surface area contributed by atoms with Gasteiger partial charge in [0.2, 0.25) is 0 Å². The minimum Gasteiger partial charge on any atom is -0.444 e. The van der Waals surface area contributed by atoms with Crippen molar-refractivity contribution in [3.63, 3.8) is 0 Å². The molecule has 22 heavy (non-hydrogen) atoms. The lowest BCUT2D eigenvalue weighted by atomic mass is 9.84. The molecular formula is C17H34N2O2S. The molecule has 0 radical (unpaired) electrons. The molecule has 0 aromatic rings. The molecule has 0 bridgehead atoms. The molecule has 5 heteroatoms. The number of alkyl carbamates (subject to hydrolysis) is 1. The van der Waals surface area contributed by atoms with Crippen LogP contribution in [0.25, 0.3) is 0 Å². The number of rotatable bonds is 7. The van der Waals surface area contributed by atoms with Crippen LogP contribution in [0.2, 0.25) is 0 Å². The molecule has 0 heterocycles. The van der Waals surface area contributed by atoms with E-state index in [2.05, 4.69) is 23.8 Å². The van der Waals surface area contributed by atoms with E-state index in [9.17, 15) is 4.79 Å². The number of amides is 1. The topological polar surface area (TPSA) is 50.4 Å². The molecule has 1 aliphatic rings. The molecule has 0 spiro atoms. The number of nitrogens with one attached hydrogen (secondary N) is 2. The van der Waals surface area contributed by atoms with Gasteiger partial charge in [0.05, 0.1) is 0 Å². The maximum atomic E-state index is 11.8. The monoisotopic (exact) mass is 330 g/mol. The fourth-order valence-electron chi connectivity index (χ4n) is 2.95. The maximum absolute atomic E-state index is 11.8. The molecule has 130 valence electrons. The molecule has 3 unspecified atom stereocenters. The third kappa shape index (κ3) is 8.28. The van der Waals surface area contributed by atoms with E-state index in [1.807, 2.05) is 32.5 Å². The van der Waals surface area contributed by atoms with Crippen LogP contribution in [-0.2, 0) is 4.74 Å². The summed E-state index contributed by atoms with van der Waals surface area (Å²) in [5, 5.41) is 6.67. The Hall–Kier alpha value is -0.420. The summed E-state index contributed by atoms with van der Waals surface area (Å²) >= 11 is 1.90. The molecule has 1 rings (SSSR count). The first-order valence-electron chi connectivity index (χ1n) is 8.51. The van der Waals surface area contributed by atoms with Gasteiger partial charge in [-0.2, -0.15) is 11.8 Å². The first-order chi connectivity index (χ1) is 10.3. The number of carbonyl (C=O) groups excluding carboxylic acids is 1. The van der Waals surface area contributed by atoms with Crippen molar-refractivity contribution in [2.24, 2.45) is 11.8 Å². The number of thioether (sulfide) groups is 1. The Bertz CT molecular complexity index is 331. The van der Waals surface area contributed by atoms with E-state index in [-0.39, 0.29) is 6.09 Å². The van der Waals surface area contributed by atoms with Gasteiger partial charge >= 0.3 is 6.09 Å². The lowest BCUT2D eigenvalue weighted by molar-refractivity contribution is 0.0510. The number of ether oxygens (including phenoxy) is 1. The van der Waals surface area contributed by atoms with E-state index in [4.69, 9.17) is 4.74 Å². The summed E-state index contributed by atoms with van der Waals surface area (Å²) in [7, 11) is 0. The van der Waals surface area contributed by atoms with E-state index in [1.54, 1.807) is 0 Å². The quantitative estimate of drug-likeness (QED) is 0.748. The Morgan fingerprint density at radius 3 is 2.64 bits per heavy atom. The van der Waals surface area contributed by atoms with E-state index >= 15 is 0 Å². The smallest absolute Gasteiger partial charge is 0.407 e. The second-order valence-corrected chi connectivity index (χ2v) is 8.41. The first-order valence-corrected chi connectivity index (χ1v) is 9.90. The van der Waals surface area contributed by atoms with Crippen molar-refractivity contribution in [1.29, 1.82) is 0 Å². The van der Waals surface area contributed by atoms with Gasteiger partial charge < -0.3 is 15.4 Å². The zero-order chi connectivity index (χ0) is 16.6. The first kappa shape index (κ1) is 19.6. The van der Waals surface area contributed by atoms with E-state index < -0.39 is 5.60 Å². The summed E-state index contributed by atoms with van der Waals surface area (Å²) in [6.07, 6.45) is 6.81. The molecule has 1 aliphatic carbocycles. The molecule has 0 aliphatic heterocycles. The fraction of sp³-hybridized carbons (Fsp3) is 0.941. The maximum Gasteiger partial charge on any atom is 0.407 e. The van der Waals surface area contributed by atoms with Gasteiger partial charge in [-0.25, -0.2) is 4.79 Å². The highest BCUT2D eigenvalue weighted by Gasteiger charge is 2.26. The number of carbonyl (C=O) groups is 1. The lowest BCUT2D eigenvalue weighted by Gasteiger charge is -2.33. The standard InChI is InChI=1S/C17H34N2O2S/c1-13(12-22-5)10-18-15-9-7-6-8-14(15)11-19-16(20)21-17(2,3)4/h13-15,18H,6-12H2,1-5H3,(H,19,20). The van der Waals surface area contributed by atoms with Crippen LogP contribution in [0.3, 0.4) is 0 Å². The van der Waals surface area contributed by atoms with Crippen LogP contribution in [0.4, 0.5) is 4.79 Å². The summed E-state index contributed by atoms with van der Waals surface area (Å²) in [4.78, 5) is 11.8. The van der Waals surface area contributed by atoms with Crippen molar-refractivity contribution in [1.82, 2.24) is 10.6 Å². The van der Waals surface area contributed by atoms with Crippen molar-refractivity contribution in [3.05, 3.63) is 0 Å². The van der Waals surface area contributed by atoms with E-state index in [1.165, 1.54) is 31.4 Å². The van der Waals surface area contributed by atoms with Gasteiger partial charge in [0.25, 0.3) is 0 Å². The molecule has 0 aromatic heterocycles. The predicted molar refractivity (Wildman–Crippen MR) is 95.5 cm³/mol. The average Bonchev–Trinajstić information content (AvgIpc) is 2.42. The number of hydrogen-bond donors (Lipinski definition) is 2. The van der Waals surface area contributed by atoms with Crippen LogP contribution < -0.4 is 10.6 Å². The van der Waals surface area contributed by atoms with Crippen LogP contribution >= 0.6 is 11.8 Å². The SMILES string of the molecule is CSCC(C)CNC1CCCCC1CNC(=O)OC(C)(C)C. The molecule has 0 saturated heterocycles. The van der Waals surface area contributed by atoms with Crippen molar-refractivity contribution < 1.29 is 9.53 Å². The summed E-state index contributed by atoms with van der Waals surface area (Å²) in [5.74, 6) is 2.40. The van der Waals surface area contributed by atoms with Crippen LogP contribution in [0.5, 0.6) is 0 Å². The van der Waals surface area contributed by atoms with Gasteiger partial charge in [-0.15, -0.1) is 0 Å². The molecular weight excluding hydrogens is 296 g/mol. The molecule has 1 saturated carbocycles. The van der Waals surface area contributed by atoms with Gasteiger partial charge in [-0.3, -0.25) is 0 Å². The third-order valence-electron chi connectivity index (χ3n) is 4.00. The van der Waals surface area contributed by atoms with Crippen LogP contribution in [0.15, 0.2) is 0 Å². The zero-order valence-corrected chi connectivity index (χ0v) is 15.7. The Labute approximate surface area is 140 Å². The van der Waals surface area contributed by atoms with Crippen molar-refractivity contribution >= 4 is 17.9 Å². The fourth-order valence-corrected chi connectivity index (χ4v) is 3.63. The molecule has 3 atom stereocenters. The van der Waals surface area contributed by atoms with Gasteiger partial charge in [0, 0.05) is 12.6 Å². The Kier molecular flexibility index (Phi) is 8.62. The summed E-state index contributed by atoms with van der Waals surface area (Å²) in [6.45, 7) is 9.75. The van der Waals surface area contributed by atoms with Gasteiger partial charge in [-0.1, -0.05) is 19.8 Å². The molecule has 2 N–H and O–H groups in total. The van der Waals surface area contributed by atoms with Crippen LogP contribution in [-0.4, -0.2) is 42.8 Å². The largest absolute Gasteiger partial charge is 0.444 e. The Balaban J connectivity index is 2.36. The highest BCUT2D eigenvalue weighted by molar-refractivity contribution is 7.98. The second-order valence-electron chi connectivity index (χ2n) is 7.50. The van der Waals surface area contributed by atoms with E-state index in [0.717, 1.165) is 6.54 Å². The molecule has 0 aromatic carbocycles. The highest BCUT2D eigenvalue weighted by Crippen LogP contribution is 2.24. The van der Waals surface area contributed by atoms with Crippen molar-refractivity contribution in [2.45, 2.75) is 65.0 Å². The lowest BCUT2D eigenvalue weighted by Crippen LogP contribution is -2.46. The zero-order valence-electron chi connectivity index (χ0n) is 14.9. The minimum atomic E-state index is -0.429. The molecule has 1 amide bonds. The normalized spacial score (nSPS) is 23.9. The highest BCUT2D eigenvalue weighted by atomic mass is 32.2. The van der Waals surface area contributed by atoms with Gasteiger partial charge in [0.15, 0.2) is 0 Å². The average molecular weight is 331 g/mol. The number of hydrogen-bond acceptors (Lipinski definition) is 4. The van der Waals surface area contributed by atoms with Crippen molar-refractivity contribution in [3.8, 4) is 0 Å². The Morgan fingerprint density at radius 1 is 1.32 bits per heavy atom. The van der Waals surface area contributed by atoms with Crippen LogP contribution in [0, 0.1) is 11.8 Å². The Morgan fingerprint density at radius 2 is 2.00 bits per heavy atom. The van der Waals surface area contributed by atoms with Gasteiger partial charge in [0.1, 0.15) is 5.60 Å². The molecule has 4 nitrogen and oxygen atoms in total. The van der Waals surface area contributed by atoms with Gasteiger partial charge in [-0.05, 0) is 64.0 Å². The van der Waals surface area contributed by atoms with Crippen LogP contribution in [0.1, 0.15) is 53.4 Å². The summed E-state index contributed by atoms with van der Waals surface area (Å²) in [6, 6.07) is 0.521. The molecule has 1 fully saturated rings. The van der Waals surface area contributed by atoms with Crippen molar-refractivity contribution in [2.75, 3.05) is 25.1 Å². The summed E-state index contributed by atoms with van der Waals surface area (Å²) < 4.78 is 5.32. The predicted octanol–water partition coefficient (Wildman–Crippen LogP) is 3.66. The summed E-state index contributed by atoms with van der Waals surface area (Å²) in [5.41, 5.74) is -0.429. The van der Waals surface area contributed by atoms with E-state index in [0.29, 0.717) is 24.4 Å². The third-order valence-corrected chi connectivity index (χ3v) is 4.90. The second kappa shape index (κ2) is 9.66.